The highest BCUT2D eigenvalue weighted by Crippen LogP contribution is 1.71. The number of hydrogen-bond acceptors (Lipinski definition) is 1. The summed E-state index contributed by atoms with van der Waals surface area (Å²) in [5.41, 5.74) is 0. The van der Waals surface area contributed by atoms with Crippen molar-refractivity contribution in [3.8, 4) is 0 Å². The lowest BCUT2D eigenvalue weighted by atomic mass is 10.9. The summed E-state index contributed by atoms with van der Waals surface area (Å²) >= 11 is 4.69. The summed E-state index contributed by atoms with van der Waals surface area (Å²) in [7, 11) is 0. The van der Waals surface area contributed by atoms with Crippen molar-refractivity contribution in [1.29, 1.82) is 0 Å². The molecule has 0 amide bonds. The summed E-state index contributed by atoms with van der Waals surface area (Å²) in [6.45, 7) is 2.41. The van der Waals surface area contributed by atoms with E-state index in [4.69, 9.17) is 0 Å². The third kappa shape index (κ3) is 2.25. The van der Waals surface area contributed by atoms with Crippen molar-refractivity contribution < 1.29 is 5.72 Å². The minimum absolute atomic E-state index is 0. The predicted molar refractivity (Wildman–Crippen MR) is 18.6 cm³/mol. The molecule has 0 saturated carbocycles. The molecule has 0 rings (SSSR count). The Morgan fingerprint density at radius 1 is 2.25 bits per heavy atom. The quantitative estimate of drug-likeness (QED) is 0.462. The molecule has 1 nitrogen and oxygen atoms in total. The van der Waals surface area contributed by atoms with Gasteiger partial charge in [-0.15, -0.1) is 0 Å². The summed E-state index contributed by atoms with van der Waals surface area (Å²) < 4.78 is 4.01. The second-order valence-electron chi connectivity index (χ2n) is 0.398. The first-order valence-electron chi connectivity index (χ1n) is 1.15. The zero-order valence-electron chi connectivity index (χ0n) is 3.49. The summed E-state index contributed by atoms with van der Waals surface area (Å²) in [5.74, 6) is 0. The molecule has 0 aromatic heterocycles. The zero-order chi connectivity index (χ0) is 3.41. The smallest absolute Gasteiger partial charge is 0.280 e. The first-order chi connectivity index (χ1) is 1.91. The molecule has 0 aliphatic carbocycles. The van der Waals surface area contributed by atoms with Gasteiger partial charge in [0.05, 0.1) is 18.5 Å². The van der Waals surface area contributed by atoms with Gasteiger partial charge >= 0.3 is 1.43 Å². The predicted octanol–water partition coefficient (Wildman–Crippen LogP) is 1.29. The lowest BCUT2D eigenvalue weighted by Gasteiger charge is -1.70. The van der Waals surface area contributed by atoms with Crippen LogP contribution in [0.5, 0.6) is 0 Å². The molecule has 0 bridgehead atoms. The highest BCUT2D eigenvalue weighted by molar-refractivity contribution is 6.07. The molecule has 0 saturated heterocycles. The fourth-order valence-corrected chi connectivity index (χ4v) is 0. The Kier molecular flexibility index (Phi) is 3.45. The fraction of sp³-hybridized carbons (Fsp3) is 1.00. The largest absolute Gasteiger partial charge is 1.00 e. The van der Waals surface area contributed by atoms with Crippen molar-refractivity contribution in [3.05, 3.63) is 0 Å². The van der Waals surface area contributed by atoms with E-state index in [1.807, 2.05) is 6.92 Å². The molecule has 0 N–H and O–H groups in total. The Labute approximate surface area is 32.2 Å². The third-order valence-corrected chi connectivity index (χ3v) is 0.327. The van der Waals surface area contributed by atoms with E-state index >= 15 is 0 Å². The van der Waals surface area contributed by atoms with Crippen LogP contribution < -0.4 is 0 Å². The van der Waals surface area contributed by atoms with Gasteiger partial charge in [-0.25, -0.2) is 0 Å². The average Bonchev–Trinajstić information content (AvgIpc) is 1.37. The van der Waals surface area contributed by atoms with Crippen LogP contribution in [0.1, 0.15) is 8.35 Å². The fourth-order valence-electron chi connectivity index (χ4n) is 0. The summed E-state index contributed by atoms with van der Waals surface area (Å²) in [5, 5.41) is 0. The van der Waals surface area contributed by atoms with E-state index in [9.17, 15) is 0 Å². The van der Waals surface area contributed by atoms with Crippen LogP contribution in [0.3, 0.4) is 0 Å². The van der Waals surface area contributed by atoms with Crippen LogP contribution >= 0.6 is 11.9 Å². The number of hydrogen-bond donors (Lipinski definition) is 0. The maximum atomic E-state index is 4.69. The van der Waals surface area contributed by atoms with Crippen molar-refractivity contribution in [2.75, 3.05) is 6.61 Å². The van der Waals surface area contributed by atoms with Crippen LogP contribution in [0, 0.1) is 0 Å². The van der Waals surface area contributed by atoms with E-state index in [0.717, 1.165) is 0 Å². The molecular formula is C2H6ClO+. The van der Waals surface area contributed by atoms with Gasteiger partial charge in [-0.2, -0.15) is 0 Å². The first kappa shape index (κ1) is 4.25. The minimum atomic E-state index is 0. The Morgan fingerprint density at radius 2 is 2.50 bits per heavy atom. The maximum absolute atomic E-state index is 4.69. The molecule has 0 atom stereocenters. The van der Waals surface area contributed by atoms with Gasteiger partial charge in [0.1, 0.15) is 0 Å². The van der Waals surface area contributed by atoms with E-state index < -0.39 is 0 Å². The number of rotatable bonds is 1. The third-order valence-electron chi connectivity index (χ3n) is 0.109. The molecule has 0 aromatic rings. The molecule has 0 aliphatic heterocycles. The van der Waals surface area contributed by atoms with E-state index in [0.29, 0.717) is 6.61 Å². The molecule has 0 aromatic carbocycles. The molecular weight excluding hydrogens is 75.5 g/mol. The monoisotopic (exact) mass is 81.0 g/mol. The van der Waals surface area contributed by atoms with Gasteiger partial charge in [0.15, 0.2) is 0 Å². The number of halogens is 1. The molecule has 0 heterocycles. The van der Waals surface area contributed by atoms with E-state index in [1.54, 1.807) is 0 Å². The summed E-state index contributed by atoms with van der Waals surface area (Å²) in [6, 6.07) is 0. The second kappa shape index (κ2) is 3.25. The van der Waals surface area contributed by atoms with Crippen molar-refractivity contribution in [2.45, 2.75) is 6.92 Å². The van der Waals surface area contributed by atoms with Crippen LogP contribution in [-0.4, -0.2) is 6.61 Å². The van der Waals surface area contributed by atoms with Gasteiger partial charge in [-0.1, -0.05) is 0 Å². The Morgan fingerprint density at radius 3 is 2.50 bits per heavy atom. The second-order valence-corrected chi connectivity index (χ2v) is 0.616. The molecule has 2 heteroatoms. The van der Waals surface area contributed by atoms with Gasteiger partial charge in [0.25, 0.3) is 0 Å². The molecule has 26 valence electrons. The molecule has 0 radical (unpaired) electrons. The highest BCUT2D eigenvalue weighted by Gasteiger charge is 1.55. The van der Waals surface area contributed by atoms with Crippen LogP contribution in [-0.2, 0) is 4.29 Å². The van der Waals surface area contributed by atoms with E-state index in [1.165, 1.54) is 0 Å². The van der Waals surface area contributed by atoms with Crippen LogP contribution in [0.4, 0.5) is 0 Å². The Bertz CT molecular complexity index is 11.6. The molecule has 0 aliphatic rings. The van der Waals surface area contributed by atoms with Crippen molar-refractivity contribution in [2.24, 2.45) is 0 Å². The van der Waals surface area contributed by atoms with Crippen molar-refractivity contribution in [1.82, 2.24) is 0 Å². The van der Waals surface area contributed by atoms with E-state index in [2.05, 4.69) is 16.2 Å². The van der Waals surface area contributed by atoms with Gasteiger partial charge in [0.2, 0.25) is 0 Å². The molecule has 0 unspecified atom stereocenters. The molecule has 0 fully saturated rings. The lowest BCUT2D eigenvalue weighted by molar-refractivity contribution is 0.378. The normalized spacial score (nSPS) is 7.50. The Hall–Kier alpha value is 0.250. The molecule has 4 heavy (non-hydrogen) atoms. The maximum Gasteiger partial charge on any atom is 1.00 e. The van der Waals surface area contributed by atoms with Crippen molar-refractivity contribution in [3.63, 3.8) is 0 Å². The average molecular weight is 81.5 g/mol. The van der Waals surface area contributed by atoms with Crippen molar-refractivity contribution >= 4 is 11.9 Å². The highest BCUT2D eigenvalue weighted by atomic mass is 35.5. The standard InChI is InChI=1S/C2H5ClO/c1-2-4-3/h2H2,1H3/p+1. The van der Waals surface area contributed by atoms with Gasteiger partial charge in [-0.3, -0.25) is 4.29 Å². The summed E-state index contributed by atoms with van der Waals surface area (Å²) in [6.07, 6.45) is 0. The molecule has 0 spiro atoms. The lowest BCUT2D eigenvalue weighted by Crippen LogP contribution is -1.64. The first-order valence-corrected chi connectivity index (χ1v) is 1.46. The SMILES string of the molecule is CCOCl.[H+]. The van der Waals surface area contributed by atoms with Gasteiger partial charge in [-0.05, 0) is 6.92 Å². The topological polar surface area (TPSA) is 9.23 Å². The summed E-state index contributed by atoms with van der Waals surface area (Å²) in [4.78, 5) is 0. The Balaban J connectivity index is 0. The van der Waals surface area contributed by atoms with Crippen LogP contribution in [0.2, 0.25) is 0 Å². The van der Waals surface area contributed by atoms with E-state index in [-0.39, 0.29) is 1.43 Å². The van der Waals surface area contributed by atoms with Gasteiger partial charge < -0.3 is 0 Å². The van der Waals surface area contributed by atoms with Gasteiger partial charge in [0, 0.05) is 0 Å². The van der Waals surface area contributed by atoms with Crippen LogP contribution in [0.25, 0.3) is 0 Å². The zero-order valence-corrected chi connectivity index (χ0v) is 3.25. The minimum Gasteiger partial charge on any atom is -0.280 e. The van der Waals surface area contributed by atoms with Crippen LogP contribution in [0.15, 0.2) is 0 Å².